The van der Waals surface area contributed by atoms with Crippen LogP contribution in [-0.2, 0) is 4.79 Å². The maximum atomic E-state index is 11.1. The lowest BCUT2D eigenvalue weighted by Gasteiger charge is -2.31. The number of hydrogen-bond acceptors (Lipinski definition) is 5. The highest BCUT2D eigenvalue weighted by Gasteiger charge is 2.23. The van der Waals surface area contributed by atoms with Crippen molar-refractivity contribution in [3.63, 3.8) is 0 Å². The average molecular weight is 249 g/mol. The molecular formula is C12H19N5O. The molecule has 0 radical (unpaired) electrons. The number of anilines is 2. The van der Waals surface area contributed by atoms with Crippen LogP contribution in [0, 0.1) is 5.92 Å². The first kappa shape index (κ1) is 12.6. The Morgan fingerprint density at radius 1 is 1.50 bits per heavy atom. The molecule has 0 unspecified atom stereocenters. The molecule has 1 aromatic heterocycles. The fraction of sp³-hybridized carbons (Fsp3) is 0.583. The van der Waals surface area contributed by atoms with Gasteiger partial charge in [0.05, 0.1) is 0 Å². The number of piperidine rings is 1. The zero-order valence-electron chi connectivity index (χ0n) is 10.6. The summed E-state index contributed by atoms with van der Waals surface area (Å²) in [7, 11) is 0. The van der Waals surface area contributed by atoms with Gasteiger partial charge in [0, 0.05) is 31.6 Å². The number of amides is 1. The van der Waals surface area contributed by atoms with Crippen molar-refractivity contribution in [3.8, 4) is 0 Å². The summed E-state index contributed by atoms with van der Waals surface area (Å²) in [5.74, 6) is 1.56. The van der Waals surface area contributed by atoms with E-state index in [2.05, 4.69) is 20.2 Å². The molecule has 1 saturated heterocycles. The lowest BCUT2D eigenvalue weighted by atomic mass is 9.96. The van der Waals surface area contributed by atoms with Gasteiger partial charge in [0.2, 0.25) is 5.91 Å². The molecule has 0 aromatic carbocycles. The van der Waals surface area contributed by atoms with Crippen LogP contribution in [0.15, 0.2) is 12.4 Å². The van der Waals surface area contributed by atoms with Crippen LogP contribution in [0.1, 0.15) is 19.8 Å². The first-order valence-electron chi connectivity index (χ1n) is 6.31. The summed E-state index contributed by atoms with van der Waals surface area (Å²) in [6.07, 6.45) is 3.17. The molecule has 6 nitrogen and oxygen atoms in total. The van der Waals surface area contributed by atoms with Gasteiger partial charge in [-0.15, -0.1) is 0 Å². The van der Waals surface area contributed by atoms with E-state index in [0.717, 1.165) is 44.1 Å². The number of nitrogens with two attached hydrogens (primary N) is 1. The summed E-state index contributed by atoms with van der Waals surface area (Å²) in [6, 6.07) is 1.94. The lowest BCUT2D eigenvalue weighted by molar-refractivity contribution is -0.122. The van der Waals surface area contributed by atoms with Crippen LogP contribution in [0.25, 0.3) is 0 Å². The highest BCUT2D eigenvalue weighted by molar-refractivity contribution is 5.77. The predicted octanol–water partition coefficient (Wildman–Crippen LogP) is 0.610. The third-order valence-corrected chi connectivity index (χ3v) is 3.23. The van der Waals surface area contributed by atoms with Gasteiger partial charge in [0.25, 0.3) is 0 Å². The van der Waals surface area contributed by atoms with Gasteiger partial charge in [-0.1, -0.05) is 0 Å². The van der Waals surface area contributed by atoms with Crippen LogP contribution < -0.4 is 16.0 Å². The van der Waals surface area contributed by atoms with Crippen molar-refractivity contribution in [3.05, 3.63) is 12.4 Å². The molecule has 1 aliphatic heterocycles. The van der Waals surface area contributed by atoms with E-state index in [9.17, 15) is 4.79 Å². The summed E-state index contributed by atoms with van der Waals surface area (Å²) < 4.78 is 0. The minimum Gasteiger partial charge on any atom is -0.370 e. The van der Waals surface area contributed by atoms with Crippen molar-refractivity contribution < 1.29 is 4.79 Å². The van der Waals surface area contributed by atoms with Crippen LogP contribution in [0.4, 0.5) is 11.6 Å². The van der Waals surface area contributed by atoms with E-state index in [0.29, 0.717) is 0 Å². The molecule has 0 atom stereocenters. The van der Waals surface area contributed by atoms with E-state index in [1.807, 2.05) is 13.0 Å². The third kappa shape index (κ3) is 2.88. The monoisotopic (exact) mass is 249 g/mol. The topological polar surface area (TPSA) is 84.1 Å². The van der Waals surface area contributed by atoms with Crippen molar-refractivity contribution in [2.45, 2.75) is 19.8 Å². The number of carbonyl (C=O) groups excluding carboxylic acids is 1. The summed E-state index contributed by atoms with van der Waals surface area (Å²) in [4.78, 5) is 21.7. The lowest BCUT2D eigenvalue weighted by Crippen LogP contribution is -2.38. The zero-order valence-corrected chi connectivity index (χ0v) is 10.6. The molecule has 1 fully saturated rings. The van der Waals surface area contributed by atoms with E-state index < -0.39 is 0 Å². The number of aromatic nitrogens is 2. The van der Waals surface area contributed by atoms with Crippen LogP contribution in [-0.4, -0.2) is 35.5 Å². The van der Waals surface area contributed by atoms with E-state index >= 15 is 0 Å². The second-order valence-corrected chi connectivity index (χ2v) is 4.46. The largest absolute Gasteiger partial charge is 0.370 e. The van der Waals surface area contributed by atoms with Gasteiger partial charge in [-0.2, -0.15) is 0 Å². The molecule has 3 N–H and O–H groups in total. The quantitative estimate of drug-likeness (QED) is 0.816. The van der Waals surface area contributed by atoms with E-state index in [-0.39, 0.29) is 11.8 Å². The Bertz CT molecular complexity index is 415. The SMILES string of the molecule is CCNc1cc(N2CCC(C(N)=O)CC2)ncn1. The molecule has 2 rings (SSSR count). The molecule has 1 aromatic rings. The van der Waals surface area contributed by atoms with Crippen LogP contribution >= 0.6 is 0 Å². The summed E-state index contributed by atoms with van der Waals surface area (Å²) in [5.41, 5.74) is 5.32. The molecule has 0 aliphatic carbocycles. The first-order chi connectivity index (χ1) is 8.70. The number of hydrogen-bond donors (Lipinski definition) is 2. The maximum Gasteiger partial charge on any atom is 0.220 e. The molecule has 0 saturated carbocycles. The van der Waals surface area contributed by atoms with Crippen molar-refractivity contribution in [1.29, 1.82) is 0 Å². The van der Waals surface area contributed by atoms with Crippen molar-refractivity contribution in [2.75, 3.05) is 29.9 Å². The van der Waals surface area contributed by atoms with Gasteiger partial charge in [-0.3, -0.25) is 4.79 Å². The average Bonchev–Trinajstić information content (AvgIpc) is 2.39. The van der Waals surface area contributed by atoms with Crippen molar-refractivity contribution in [1.82, 2.24) is 9.97 Å². The number of carbonyl (C=O) groups is 1. The molecule has 18 heavy (non-hydrogen) atoms. The second kappa shape index (κ2) is 5.66. The Morgan fingerprint density at radius 3 is 2.83 bits per heavy atom. The fourth-order valence-corrected chi connectivity index (χ4v) is 2.19. The van der Waals surface area contributed by atoms with Crippen molar-refractivity contribution >= 4 is 17.5 Å². The standard InChI is InChI=1S/C12H19N5O/c1-2-14-10-7-11(16-8-15-10)17-5-3-9(4-6-17)12(13)18/h7-9H,2-6H2,1H3,(H2,13,18)(H,14,15,16). The number of nitrogens with one attached hydrogen (secondary N) is 1. The Morgan fingerprint density at radius 2 is 2.22 bits per heavy atom. The molecule has 1 amide bonds. The van der Waals surface area contributed by atoms with Crippen LogP contribution in [0.2, 0.25) is 0 Å². The van der Waals surface area contributed by atoms with Gasteiger partial charge < -0.3 is 16.0 Å². The Balaban J connectivity index is 2.00. The van der Waals surface area contributed by atoms with Gasteiger partial charge in [0.15, 0.2) is 0 Å². The number of nitrogens with zero attached hydrogens (tertiary/aromatic N) is 3. The van der Waals surface area contributed by atoms with Gasteiger partial charge >= 0.3 is 0 Å². The highest BCUT2D eigenvalue weighted by atomic mass is 16.1. The molecule has 98 valence electrons. The summed E-state index contributed by atoms with van der Waals surface area (Å²) in [6.45, 7) is 4.49. The van der Waals surface area contributed by atoms with E-state index in [4.69, 9.17) is 5.73 Å². The normalized spacial score (nSPS) is 16.6. The maximum absolute atomic E-state index is 11.1. The number of rotatable bonds is 4. The molecular weight excluding hydrogens is 230 g/mol. The Hall–Kier alpha value is -1.85. The minimum absolute atomic E-state index is 0.0105. The smallest absolute Gasteiger partial charge is 0.220 e. The highest BCUT2D eigenvalue weighted by Crippen LogP contribution is 2.22. The molecule has 1 aliphatic rings. The molecule has 0 spiro atoms. The predicted molar refractivity (Wildman–Crippen MR) is 70.3 cm³/mol. The number of primary amides is 1. The summed E-state index contributed by atoms with van der Waals surface area (Å²) >= 11 is 0. The van der Waals surface area contributed by atoms with E-state index in [1.165, 1.54) is 0 Å². The molecule has 6 heteroatoms. The minimum atomic E-state index is -0.189. The van der Waals surface area contributed by atoms with Crippen molar-refractivity contribution in [2.24, 2.45) is 11.7 Å². The molecule has 2 heterocycles. The van der Waals surface area contributed by atoms with Gasteiger partial charge in [-0.25, -0.2) is 9.97 Å². The van der Waals surface area contributed by atoms with Crippen LogP contribution in [0.5, 0.6) is 0 Å². The third-order valence-electron chi connectivity index (χ3n) is 3.23. The Kier molecular flexibility index (Phi) is 3.96. The summed E-state index contributed by atoms with van der Waals surface area (Å²) in [5, 5.41) is 3.16. The first-order valence-corrected chi connectivity index (χ1v) is 6.31. The van der Waals surface area contributed by atoms with Crippen LogP contribution in [0.3, 0.4) is 0 Å². The second-order valence-electron chi connectivity index (χ2n) is 4.46. The van der Waals surface area contributed by atoms with E-state index in [1.54, 1.807) is 6.33 Å². The zero-order chi connectivity index (χ0) is 13.0. The molecule has 0 bridgehead atoms. The van der Waals surface area contributed by atoms with Gasteiger partial charge in [-0.05, 0) is 19.8 Å². The fourth-order valence-electron chi connectivity index (χ4n) is 2.19. The van der Waals surface area contributed by atoms with Gasteiger partial charge in [0.1, 0.15) is 18.0 Å². The Labute approximate surface area is 107 Å².